The second-order valence-electron chi connectivity index (χ2n) is 16.5. The van der Waals surface area contributed by atoms with Crippen molar-refractivity contribution in [2.75, 3.05) is 20.3 Å². The zero-order valence-corrected chi connectivity index (χ0v) is 36.5. The number of carbonyl (C=O) groups excluding carboxylic acids is 5. The molecule has 7 atom stereocenters. The van der Waals surface area contributed by atoms with Crippen LogP contribution in [0.1, 0.15) is 127 Å². The van der Waals surface area contributed by atoms with Gasteiger partial charge in [0.1, 0.15) is 16.7 Å². The van der Waals surface area contributed by atoms with Crippen LogP contribution < -0.4 is 10.6 Å². The number of nitrogens with zero attached hydrogens (tertiary/aromatic N) is 3. The molecular formula is C43H65N5O9S. The lowest BCUT2D eigenvalue weighted by molar-refractivity contribution is -0.161. The molecule has 0 saturated carbocycles. The van der Waals surface area contributed by atoms with Crippen molar-refractivity contribution in [2.45, 2.75) is 137 Å². The lowest BCUT2D eigenvalue weighted by Crippen LogP contribution is -2.59. The largest absolute Gasteiger partial charge is 0.481 e. The smallest absolute Gasteiger partial charge is 0.307 e. The van der Waals surface area contributed by atoms with Gasteiger partial charge in [0.05, 0.1) is 12.0 Å². The number of piperidine rings is 1. The Morgan fingerprint density at radius 1 is 1.00 bits per heavy atom. The minimum atomic E-state index is -0.988. The van der Waals surface area contributed by atoms with Crippen molar-refractivity contribution in [3.8, 4) is 0 Å². The summed E-state index contributed by atoms with van der Waals surface area (Å²) in [5.74, 6) is -4.39. The third-order valence-electron chi connectivity index (χ3n) is 10.8. The highest BCUT2D eigenvalue weighted by molar-refractivity contribution is 7.09. The van der Waals surface area contributed by atoms with Crippen LogP contribution in [0, 0.1) is 23.7 Å². The predicted molar refractivity (Wildman–Crippen MR) is 222 cm³/mol. The number of hydrogen-bond donors (Lipinski definition) is 3. The van der Waals surface area contributed by atoms with Crippen LogP contribution in [0.5, 0.6) is 0 Å². The molecule has 3 rings (SSSR count). The molecule has 1 fully saturated rings. The normalized spacial score (nSPS) is 17.7. The first-order valence-corrected chi connectivity index (χ1v) is 21.5. The molecule has 3 amide bonds. The average Bonchev–Trinajstić information content (AvgIpc) is 3.66. The molecule has 1 aliphatic rings. The Morgan fingerprint density at radius 3 is 2.28 bits per heavy atom. The van der Waals surface area contributed by atoms with Crippen LogP contribution in [-0.4, -0.2) is 100 Å². The first-order valence-electron chi connectivity index (χ1n) is 20.6. The van der Waals surface area contributed by atoms with E-state index < -0.39 is 59.9 Å². The number of benzene rings is 1. The molecule has 1 aromatic heterocycles. The van der Waals surface area contributed by atoms with E-state index in [0.29, 0.717) is 24.3 Å². The summed E-state index contributed by atoms with van der Waals surface area (Å²) in [5.41, 5.74) is 1.01. The zero-order valence-electron chi connectivity index (χ0n) is 35.7. The number of likely N-dealkylation sites (N-methyl/N-ethyl adjacent to an activating group) is 1. The Morgan fingerprint density at radius 2 is 1.69 bits per heavy atom. The molecule has 1 saturated heterocycles. The van der Waals surface area contributed by atoms with E-state index in [1.54, 1.807) is 12.3 Å². The molecule has 7 unspecified atom stereocenters. The lowest BCUT2D eigenvalue weighted by atomic mass is 9.92. The maximum absolute atomic E-state index is 14.8. The van der Waals surface area contributed by atoms with Gasteiger partial charge in [-0.2, -0.15) is 0 Å². The van der Waals surface area contributed by atoms with E-state index in [9.17, 15) is 33.9 Å². The van der Waals surface area contributed by atoms with Crippen molar-refractivity contribution in [3.63, 3.8) is 0 Å². The number of carbonyl (C=O) groups is 6. The number of carboxylic acid groups (broad SMARTS) is 1. The molecule has 0 bridgehead atoms. The first-order chi connectivity index (χ1) is 27.4. The summed E-state index contributed by atoms with van der Waals surface area (Å²) in [6.07, 6.45) is 3.00. The van der Waals surface area contributed by atoms with E-state index in [4.69, 9.17) is 9.47 Å². The SMILES string of the molecule is CCC(C)C(NC(=O)C1CCCCN1C)C(=O)N(COC(=O)CC(C)C)C(CC(OC(C)=O)c1nc(C(=O)NC(Cc2ccccc2)CC(C)C(=O)O)cs1)C(C)C. The van der Waals surface area contributed by atoms with Gasteiger partial charge < -0.3 is 30.1 Å². The number of hydrogen-bond acceptors (Lipinski definition) is 11. The van der Waals surface area contributed by atoms with Gasteiger partial charge in [0.2, 0.25) is 11.8 Å². The highest BCUT2D eigenvalue weighted by atomic mass is 32.1. The fraction of sp³-hybridized carbons (Fsp3) is 0.651. The van der Waals surface area contributed by atoms with Gasteiger partial charge in [-0.15, -0.1) is 11.3 Å². The Bertz CT molecular complexity index is 1670. The third kappa shape index (κ3) is 14.8. The molecule has 0 radical (unpaired) electrons. The summed E-state index contributed by atoms with van der Waals surface area (Å²) < 4.78 is 11.6. The summed E-state index contributed by atoms with van der Waals surface area (Å²) in [6, 6.07) is 6.99. The lowest BCUT2D eigenvalue weighted by Gasteiger charge is -2.39. The van der Waals surface area contributed by atoms with Crippen molar-refractivity contribution < 1.29 is 43.3 Å². The molecule has 322 valence electrons. The van der Waals surface area contributed by atoms with Crippen molar-refractivity contribution in [3.05, 3.63) is 52.0 Å². The molecule has 14 nitrogen and oxygen atoms in total. The minimum absolute atomic E-state index is 0.0241. The zero-order chi connectivity index (χ0) is 43.1. The Hall–Kier alpha value is -4.37. The first kappa shape index (κ1) is 48.0. The maximum atomic E-state index is 14.8. The number of carboxylic acids is 1. The van der Waals surface area contributed by atoms with E-state index in [1.807, 2.05) is 83.8 Å². The molecule has 3 N–H and O–H groups in total. The topological polar surface area (TPSA) is 185 Å². The van der Waals surface area contributed by atoms with E-state index in [-0.39, 0.29) is 61.4 Å². The van der Waals surface area contributed by atoms with Crippen molar-refractivity contribution >= 4 is 47.0 Å². The van der Waals surface area contributed by atoms with Crippen LogP contribution >= 0.6 is 11.3 Å². The van der Waals surface area contributed by atoms with Gasteiger partial charge >= 0.3 is 17.9 Å². The predicted octanol–water partition coefficient (Wildman–Crippen LogP) is 6.00. The second kappa shape index (κ2) is 23.3. The summed E-state index contributed by atoms with van der Waals surface area (Å²) in [6.45, 7) is 14.7. The minimum Gasteiger partial charge on any atom is -0.481 e. The maximum Gasteiger partial charge on any atom is 0.307 e. The molecule has 0 spiro atoms. The summed E-state index contributed by atoms with van der Waals surface area (Å²) in [5, 5.41) is 17.5. The number of nitrogens with one attached hydrogen (secondary N) is 2. The van der Waals surface area contributed by atoms with Crippen molar-refractivity contribution in [2.24, 2.45) is 23.7 Å². The number of amides is 3. The van der Waals surface area contributed by atoms with Crippen LogP contribution in [0.25, 0.3) is 0 Å². The van der Waals surface area contributed by atoms with Crippen LogP contribution in [0.2, 0.25) is 0 Å². The van der Waals surface area contributed by atoms with Crippen molar-refractivity contribution in [1.82, 2.24) is 25.4 Å². The van der Waals surface area contributed by atoms with Gasteiger partial charge in [-0.3, -0.25) is 33.7 Å². The molecule has 1 aromatic carbocycles. The molecule has 15 heteroatoms. The van der Waals surface area contributed by atoms with Crippen LogP contribution in [0.15, 0.2) is 35.7 Å². The molecule has 2 aromatic rings. The van der Waals surface area contributed by atoms with Gasteiger partial charge in [0, 0.05) is 37.2 Å². The number of aromatic nitrogens is 1. The Kier molecular flexibility index (Phi) is 19.3. The van der Waals surface area contributed by atoms with Gasteiger partial charge in [-0.05, 0) is 62.6 Å². The molecular weight excluding hydrogens is 763 g/mol. The number of esters is 2. The van der Waals surface area contributed by atoms with E-state index in [2.05, 4.69) is 15.6 Å². The second-order valence-corrected chi connectivity index (χ2v) is 17.4. The quantitative estimate of drug-likeness (QED) is 0.0934. The standard InChI is InChI=1S/C43H65N5O9S/c1-10-28(6)38(46-40(52)34-18-14-15-19-47(34)9)42(53)48(25-56-37(50)20-26(2)3)35(27(4)5)23-36(57-30(8)49)41-45-33(24-58-41)39(51)44-32(21-29(7)43(54)55)22-31-16-12-11-13-17-31/h11-13,16-17,24,26-29,32,34-36,38H,10,14-15,18-23,25H2,1-9H3,(H,44,51)(H,46,52)(H,54,55). The van der Waals surface area contributed by atoms with Gasteiger partial charge in [0.15, 0.2) is 12.8 Å². The van der Waals surface area contributed by atoms with Crippen molar-refractivity contribution in [1.29, 1.82) is 0 Å². The van der Waals surface area contributed by atoms with E-state index in [0.717, 1.165) is 36.3 Å². The summed E-state index contributed by atoms with van der Waals surface area (Å²) in [7, 11) is 1.91. The van der Waals surface area contributed by atoms with Crippen LogP contribution in [0.3, 0.4) is 0 Å². The molecule has 1 aliphatic heterocycles. The number of aliphatic carboxylic acids is 1. The summed E-state index contributed by atoms with van der Waals surface area (Å²) >= 11 is 1.12. The Labute approximate surface area is 347 Å². The fourth-order valence-electron chi connectivity index (χ4n) is 7.17. The number of likely N-dealkylation sites (tertiary alicyclic amines) is 1. The highest BCUT2D eigenvalue weighted by Gasteiger charge is 2.39. The van der Waals surface area contributed by atoms with E-state index >= 15 is 0 Å². The summed E-state index contributed by atoms with van der Waals surface area (Å²) in [4.78, 5) is 87.4. The monoisotopic (exact) mass is 827 g/mol. The van der Waals surface area contributed by atoms with Gasteiger partial charge in [-0.25, -0.2) is 4.98 Å². The number of ether oxygens (including phenoxy) is 2. The van der Waals surface area contributed by atoms with Crippen LogP contribution in [-0.2, 0) is 39.9 Å². The fourth-order valence-corrected chi connectivity index (χ4v) is 8.01. The number of rotatable bonds is 22. The van der Waals surface area contributed by atoms with Gasteiger partial charge in [-0.1, -0.05) is 91.6 Å². The average molecular weight is 828 g/mol. The highest BCUT2D eigenvalue weighted by Crippen LogP contribution is 2.32. The number of thiazole rings is 1. The van der Waals surface area contributed by atoms with E-state index in [1.165, 1.54) is 11.8 Å². The molecule has 0 aliphatic carbocycles. The molecule has 58 heavy (non-hydrogen) atoms. The third-order valence-corrected chi connectivity index (χ3v) is 11.7. The molecule has 2 heterocycles. The van der Waals surface area contributed by atoms with Crippen LogP contribution in [0.4, 0.5) is 0 Å². The van der Waals surface area contributed by atoms with Gasteiger partial charge in [0.25, 0.3) is 5.91 Å². The Balaban J connectivity index is 1.96.